The van der Waals surface area contributed by atoms with E-state index in [0.29, 0.717) is 12.4 Å². The number of hydrogen-bond acceptors (Lipinski definition) is 2. The molecular weight excluding hydrogens is 308 g/mol. The molecule has 1 unspecified atom stereocenters. The first-order valence-electron chi connectivity index (χ1n) is 11.5. The molecule has 0 bridgehead atoms. The Morgan fingerprint density at radius 1 is 0.640 bits per heavy atom. The second-order valence-electron chi connectivity index (χ2n) is 8.05. The van der Waals surface area contributed by atoms with Crippen molar-refractivity contribution in [1.29, 1.82) is 0 Å². The van der Waals surface area contributed by atoms with Gasteiger partial charge < -0.3 is 4.74 Å². The van der Waals surface area contributed by atoms with Crippen LogP contribution in [0.15, 0.2) is 0 Å². The molecule has 1 atom stereocenters. The summed E-state index contributed by atoms with van der Waals surface area (Å²) < 4.78 is 5.01. The summed E-state index contributed by atoms with van der Waals surface area (Å²) in [4.78, 5) is 11.5. The molecule has 1 aliphatic heterocycles. The number of rotatable bonds is 20. The van der Waals surface area contributed by atoms with Gasteiger partial charge >= 0.3 is 0 Å². The van der Waals surface area contributed by atoms with Gasteiger partial charge in [-0.25, -0.2) is 0 Å². The molecule has 0 aromatic carbocycles. The van der Waals surface area contributed by atoms with Gasteiger partial charge in [-0.05, 0) is 6.42 Å². The quantitative estimate of drug-likeness (QED) is 0.169. The Kier molecular flexibility index (Phi) is 15.5. The van der Waals surface area contributed by atoms with E-state index >= 15 is 0 Å². The van der Waals surface area contributed by atoms with E-state index in [-0.39, 0.29) is 6.10 Å². The fraction of sp³-hybridized carbons (Fsp3) is 0.957. The zero-order chi connectivity index (χ0) is 18.0. The first kappa shape index (κ1) is 22.7. The molecule has 1 heterocycles. The van der Waals surface area contributed by atoms with Gasteiger partial charge in [-0.1, -0.05) is 116 Å². The third kappa shape index (κ3) is 15.6. The molecule has 148 valence electrons. The maximum Gasteiger partial charge on any atom is 0.163 e. The third-order valence-corrected chi connectivity index (χ3v) is 5.47. The molecule has 0 N–H and O–H groups in total. The number of ether oxygens (including phenoxy) is 1. The zero-order valence-corrected chi connectivity index (χ0v) is 17.0. The van der Waals surface area contributed by atoms with Gasteiger partial charge in [-0.15, -0.1) is 0 Å². The summed E-state index contributed by atoms with van der Waals surface area (Å²) in [7, 11) is 0. The van der Waals surface area contributed by atoms with Crippen molar-refractivity contribution in [3.63, 3.8) is 0 Å². The van der Waals surface area contributed by atoms with Crippen LogP contribution in [0.25, 0.3) is 0 Å². The van der Waals surface area contributed by atoms with Crippen LogP contribution >= 0.6 is 0 Å². The third-order valence-electron chi connectivity index (χ3n) is 5.47. The minimum Gasteiger partial charge on any atom is -0.365 e. The highest BCUT2D eigenvalue weighted by molar-refractivity contribution is 5.84. The number of ketones is 1. The molecule has 0 aromatic rings. The summed E-state index contributed by atoms with van der Waals surface area (Å²) in [6.45, 7) is 2.97. The Morgan fingerprint density at radius 2 is 0.960 bits per heavy atom. The predicted octanol–water partition coefficient (Wildman–Crippen LogP) is 7.39. The number of hydrogen-bond donors (Lipinski definition) is 0. The summed E-state index contributed by atoms with van der Waals surface area (Å²) in [5.41, 5.74) is 0. The highest BCUT2D eigenvalue weighted by atomic mass is 16.6. The maximum absolute atomic E-state index is 11.5. The minimum atomic E-state index is -0.0224. The Morgan fingerprint density at radius 3 is 1.28 bits per heavy atom. The summed E-state index contributed by atoms with van der Waals surface area (Å²) in [5, 5.41) is 0. The van der Waals surface area contributed by atoms with E-state index in [4.69, 9.17) is 4.74 Å². The van der Waals surface area contributed by atoms with Crippen molar-refractivity contribution in [1.82, 2.24) is 0 Å². The topological polar surface area (TPSA) is 29.6 Å². The lowest BCUT2D eigenvalue weighted by Crippen LogP contribution is -2.05. The molecule has 1 fully saturated rings. The van der Waals surface area contributed by atoms with Crippen molar-refractivity contribution in [2.75, 3.05) is 6.61 Å². The normalized spacial score (nSPS) is 16.3. The summed E-state index contributed by atoms with van der Waals surface area (Å²) >= 11 is 0. The Labute approximate surface area is 157 Å². The van der Waals surface area contributed by atoms with Gasteiger partial charge in [0.05, 0.1) is 6.61 Å². The Hall–Kier alpha value is -0.370. The van der Waals surface area contributed by atoms with E-state index in [2.05, 4.69) is 6.92 Å². The van der Waals surface area contributed by atoms with Crippen LogP contribution in [0.2, 0.25) is 0 Å². The van der Waals surface area contributed by atoms with Crippen LogP contribution in [0, 0.1) is 0 Å². The van der Waals surface area contributed by atoms with Crippen LogP contribution in [0.4, 0.5) is 0 Å². The molecule has 0 radical (unpaired) electrons. The van der Waals surface area contributed by atoms with Crippen LogP contribution < -0.4 is 0 Å². The van der Waals surface area contributed by atoms with Gasteiger partial charge in [0.1, 0.15) is 6.10 Å². The van der Waals surface area contributed by atoms with Crippen LogP contribution in [0.5, 0.6) is 0 Å². The van der Waals surface area contributed by atoms with E-state index in [1.807, 2.05) is 0 Å². The van der Waals surface area contributed by atoms with Crippen LogP contribution in [0.3, 0.4) is 0 Å². The lowest BCUT2D eigenvalue weighted by atomic mass is 10.0. The van der Waals surface area contributed by atoms with E-state index in [1.54, 1.807) is 0 Å². The number of carbonyl (C=O) groups is 1. The van der Waals surface area contributed by atoms with Gasteiger partial charge in [-0.3, -0.25) is 4.79 Å². The highest BCUT2D eigenvalue weighted by Crippen LogP contribution is 2.16. The molecule has 1 saturated heterocycles. The second kappa shape index (κ2) is 17.1. The monoisotopic (exact) mass is 352 g/mol. The average Bonchev–Trinajstić information content (AvgIpc) is 3.45. The van der Waals surface area contributed by atoms with Gasteiger partial charge in [-0.2, -0.15) is 0 Å². The summed E-state index contributed by atoms with van der Waals surface area (Å²) in [5.74, 6) is 0.330. The number of epoxide rings is 1. The highest BCUT2D eigenvalue weighted by Gasteiger charge is 2.29. The summed E-state index contributed by atoms with van der Waals surface area (Å²) in [6, 6.07) is 0. The minimum absolute atomic E-state index is 0.0224. The van der Waals surface area contributed by atoms with E-state index in [9.17, 15) is 4.79 Å². The van der Waals surface area contributed by atoms with Crippen LogP contribution in [-0.4, -0.2) is 18.5 Å². The van der Waals surface area contributed by atoms with E-state index in [0.717, 1.165) is 12.8 Å². The van der Waals surface area contributed by atoms with Gasteiger partial charge in [0.25, 0.3) is 0 Å². The van der Waals surface area contributed by atoms with Crippen molar-refractivity contribution in [3.05, 3.63) is 0 Å². The first-order valence-corrected chi connectivity index (χ1v) is 11.5. The summed E-state index contributed by atoms with van der Waals surface area (Å²) in [6.07, 6.45) is 25.7. The zero-order valence-electron chi connectivity index (χ0n) is 17.0. The van der Waals surface area contributed by atoms with Crippen molar-refractivity contribution >= 4 is 5.78 Å². The molecular formula is C23H44O2. The van der Waals surface area contributed by atoms with E-state index < -0.39 is 0 Å². The molecule has 0 aromatic heterocycles. The van der Waals surface area contributed by atoms with Crippen molar-refractivity contribution in [2.45, 2.75) is 135 Å². The second-order valence-corrected chi connectivity index (χ2v) is 8.05. The Bertz CT molecular complexity index is 296. The number of Topliss-reactive ketones (excluding diaryl/α,β-unsaturated/α-hetero) is 1. The lowest BCUT2D eigenvalue weighted by Gasteiger charge is -2.03. The maximum atomic E-state index is 11.5. The van der Waals surface area contributed by atoms with Crippen molar-refractivity contribution < 1.29 is 9.53 Å². The molecule has 2 nitrogen and oxygen atoms in total. The fourth-order valence-electron chi connectivity index (χ4n) is 3.60. The number of carbonyl (C=O) groups excluding carboxylic acids is 1. The van der Waals surface area contributed by atoms with Crippen LogP contribution in [0.1, 0.15) is 129 Å². The van der Waals surface area contributed by atoms with Crippen molar-refractivity contribution in [3.8, 4) is 0 Å². The molecule has 0 saturated carbocycles. The molecule has 0 spiro atoms. The molecule has 25 heavy (non-hydrogen) atoms. The van der Waals surface area contributed by atoms with Gasteiger partial charge in [0.15, 0.2) is 5.78 Å². The largest absolute Gasteiger partial charge is 0.365 e. The standard InChI is InChI=1S/C23H44O2/c1-2-3-4-5-6-7-8-9-10-11-12-13-14-15-16-17-18-19-20-22(24)23-21-25-23/h23H,2-21H2,1H3. The Balaban J connectivity index is 1.63. The lowest BCUT2D eigenvalue weighted by molar-refractivity contribution is -0.120. The first-order chi connectivity index (χ1) is 12.3. The SMILES string of the molecule is CCCCCCCCCCCCCCCCCCCCC(=O)C1CO1. The smallest absolute Gasteiger partial charge is 0.163 e. The fourth-order valence-corrected chi connectivity index (χ4v) is 3.60. The predicted molar refractivity (Wildman–Crippen MR) is 108 cm³/mol. The van der Waals surface area contributed by atoms with Crippen LogP contribution in [-0.2, 0) is 9.53 Å². The van der Waals surface area contributed by atoms with Gasteiger partial charge in [0, 0.05) is 6.42 Å². The molecule has 0 aliphatic carbocycles. The molecule has 0 amide bonds. The molecule has 2 heteroatoms. The van der Waals surface area contributed by atoms with Gasteiger partial charge in [0.2, 0.25) is 0 Å². The van der Waals surface area contributed by atoms with Crippen molar-refractivity contribution in [2.24, 2.45) is 0 Å². The average molecular weight is 353 g/mol. The molecule has 1 aliphatic rings. The number of unbranched alkanes of at least 4 members (excludes halogenated alkanes) is 17. The van der Waals surface area contributed by atoms with E-state index in [1.165, 1.54) is 109 Å². The molecule has 1 rings (SSSR count).